The number of hydrogen-bond acceptors (Lipinski definition) is 3. The van der Waals surface area contributed by atoms with Crippen LogP contribution >= 0.6 is 35.6 Å². The van der Waals surface area contributed by atoms with Gasteiger partial charge in [0.25, 0.3) is 0 Å². The third-order valence-electron chi connectivity index (χ3n) is 2.90. The number of aliphatic imine (C=N–C) groups is 1. The maximum atomic E-state index is 5.87. The summed E-state index contributed by atoms with van der Waals surface area (Å²) in [5.41, 5.74) is 1.11. The van der Waals surface area contributed by atoms with Crippen LogP contribution in [0.25, 0.3) is 0 Å². The molecule has 6 nitrogen and oxygen atoms in total. The maximum Gasteiger partial charge on any atom is 0.191 e. The Bertz CT molecular complexity index is 596. The normalized spacial score (nSPS) is 11.0. The summed E-state index contributed by atoms with van der Waals surface area (Å²) in [5, 5.41) is 15.0. The summed E-state index contributed by atoms with van der Waals surface area (Å²) in [5.74, 6) is 1.60. The van der Waals surface area contributed by atoms with Crippen LogP contribution in [0.4, 0.5) is 0 Å². The van der Waals surface area contributed by atoms with Gasteiger partial charge in [0.05, 0.1) is 13.1 Å². The van der Waals surface area contributed by atoms with Gasteiger partial charge in [0, 0.05) is 18.6 Å². The molecule has 0 saturated carbocycles. The minimum Gasteiger partial charge on any atom is -0.357 e. The van der Waals surface area contributed by atoms with Crippen molar-refractivity contribution >= 4 is 41.5 Å². The summed E-state index contributed by atoms with van der Waals surface area (Å²) in [4.78, 5) is 4.54. The Morgan fingerprint density at radius 1 is 1.27 bits per heavy atom. The summed E-state index contributed by atoms with van der Waals surface area (Å²) in [6.07, 6.45) is 1.68. The third kappa shape index (κ3) is 5.80. The van der Waals surface area contributed by atoms with E-state index in [0.29, 0.717) is 13.1 Å². The van der Waals surface area contributed by atoms with Gasteiger partial charge in [-0.2, -0.15) is 0 Å². The number of benzene rings is 1. The molecular formula is C14H20ClIN6. The van der Waals surface area contributed by atoms with E-state index < -0.39 is 0 Å². The first-order valence-corrected chi connectivity index (χ1v) is 7.16. The van der Waals surface area contributed by atoms with Crippen molar-refractivity contribution < 1.29 is 0 Å². The van der Waals surface area contributed by atoms with Crippen LogP contribution in [-0.2, 0) is 20.1 Å². The summed E-state index contributed by atoms with van der Waals surface area (Å²) in [7, 11) is 1.91. The highest BCUT2D eigenvalue weighted by Gasteiger charge is 2.02. The van der Waals surface area contributed by atoms with Gasteiger partial charge >= 0.3 is 0 Å². The van der Waals surface area contributed by atoms with Crippen LogP contribution in [0, 0.1) is 0 Å². The second kappa shape index (κ2) is 9.62. The molecule has 120 valence electrons. The molecule has 1 heterocycles. The zero-order chi connectivity index (χ0) is 15.1. The average molecular weight is 435 g/mol. The molecule has 1 aromatic carbocycles. The maximum absolute atomic E-state index is 5.87. The van der Waals surface area contributed by atoms with E-state index in [-0.39, 0.29) is 24.0 Å². The fourth-order valence-corrected chi connectivity index (χ4v) is 1.86. The molecule has 0 saturated heterocycles. The highest BCUT2D eigenvalue weighted by Crippen LogP contribution is 2.10. The van der Waals surface area contributed by atoms with Gasteiger partial charge < -0.3 is 15.2 Å². The molecule has 8 heteroatoms. The fraction of sp³-hybridized carbons (Fsp3) is 0.357. The van der Waals surface area contributed by atoms with Gasteiger partial charge in [-0.05, 0) is 24.6 Å². The van der Waals surface area contributed by atoms with Crippen molar-refractivity contribution in [3.8, 4) is 0 Å². The monoisotopic (exact) mass is 434 g/mol. The summed E-state index contributed by atoms with van der Waals surface area (Å²) < 4.78 is 1.87. The average Bonchev–Trinajstić information content (AvgIpc) is 2.89. The van der Waals surface area contributed by atoms with Crippen LogP contribution < -0.4 is 10.6 Å². The van der Waals surface area contributed by atoms with E-state index in [4.69, 9.17) is 11.6 Å². The van der Waals surface area contributed by atoms with Gasteiger partial charge in [0.1, 0.15) is 6.33 Å². The largest absolute Gasteiger partial charge is 0.357 e. The Morgan fingerprint density at radius 2 is 2.00 bits per heavy atom. The predicted molar refractivity (Wildman–Crippen MR) is 99.5 cm³/mol. The Kier molecular flexibility index (Phi) is 8.18. The third-order valence-corrected chi connectivity index (χ3v) is 3.15. The van der Waals surface area contributed by atoms with Gasteiger partial charge in [0.15, 0.2) is 11.8 Å². The number of rotatable bonds is 5. The Hall–Kier alpha value is -1.35. The zero-order valence-corrected chi connectivity index (χ0v) is 15.7. The molecule has 2 N–H and O–H groups in total. The topological polar surface area (TPSA) is 67.1 Å². The standard InChI is InChI=1S/C14H19ClN6.HI/c1-3-16-14(18-9-13-20-19-10-21(13)2)17-8-11-4-6-12(15)7-5-11;/h4-7,10H,3,8-9H2,1-2H3,(H2,16,17,18);1H. The smallest absolute Gasteiger partial charge is 0.191 e. The van der Waals surface area contributed by atoms with Gasteiger partial charge in [-0.3, -0.25) is 0 Å². The first-order chi connectivity index (χ1) is 10.2. The molecule has 1 aromatic heterocycles. The van der Waals surface area contributed by atoms with Crippen molar-refractivity contribution in [1.29, 1.82) is 0 Å². The molecular weight excluding hydrogens is 415 g/mol. The molecule has 0 fully saturated rings. The minimum absolute atomic E-state index is 0. The molecule has 0 spiro atoms. The van der Waals surface area contributed by atoms with Crippen molar-refractivity contribution in [1.82, 2.24) is 25.4 Å². The number of halogens is 2. The summed E-state index contributed by atoms with van der Waals surface area (Å²) in [6, 6.07) is 7.68. The van der Waals surface area contributed by atoms with E-state index in [0.717, 1.165) is 28.9 Å². The van der Waals surface area contributed by atoms with Crippen molar-refractivity contribution in [2.75, 3.05) is 6.54 Å². The van der Waals surface area contributed by atoms with Crippen LogP contribution in [0.15, 0.2) is 35.6 Å². The minimum atomic E-state index is 0. The SMILES string of the molecule is CCNC(=NCc1ccc(Cl)cc1)NCc1nncn1C.I. The van der Waals surface area contributed by atoms with Crippen molar-refractivity contribution in [2.24, 2.45) is 12.0 Å². The van der Waals surface area contributed by atoms with Crippen LogP contribution in [-0.4, -0.2) is 27.3 Å². The van der Waals surface area contributed by atoms with Crippen LogP contribution in [0.2, 0.25) is 5.02 Å². The first-order valence-electron chi connectivity index (χ1n) is 6.78. The molecule has 0 radical (unpaired) electrons. The van der Waals surface area contributed by atoms with E-state index in [9.17, 15) is 0 Å². The fourth-order valence-electron chi connectivity index (χ4n) is 1.73. The van der Waals surface area contributed by atoms with E-state index in [1.165, 1.54) is 0 Å². The molecule has 22 heavy (non-hydrogen) atoms. The Labute approximate surface area is 152 Å². The number of hydrogen-bond donors (Lipinski definition) is 2. The Morgan fingerprint density at radius 3 is 2.59 bits per heavy atom. The summed E-state index contributed by atoms with van der Waals surface area (Å²) in [6.45, 7) is 3.99. The van der Waals surface area contributed by atoms with Gasteiger partial charge in [-0.1, -0.05) is 23.7 Å². The molecule has 0 aliphatic rings. The highest BCUT2D eigenvalue weighted by atomic mass is 127. The quantitative estimate of drug-likeness (QED) is 0.431. The number of nitrogens with one attached hydrogen (secondary N) is 2. The van der Waals surface area contributed by atoms with Crippen molar-refractivity contribution in [2.45, 2.75) is 20.0 Å². The second-order valence-corrected chi connectivity index (χ2v) is 4.97. The van der Waals surface area contributed by atoms with Crippen LogP contribution in [0.3, 0.4) is 0 Å². The second-order valence-electron chi connectivity index (χ2n) is 4.53. The molecule has 0 atom stereocenters. The molecule has 0 aliphatic carbocycles. The van der Waals surface area contributed by atoms with Gasteiger partial charge in [-0.25, -0.2) is 4.99 Å². The van der Waals surface area contributed by atoms with Crippen molar-refractivity contribution in [3.63, 3.8) is 0 Å². The van der Waals surface area contributed by atoms with E-state index in [1.54, 1.807) is 6.33 Å². The number of guanidine groups is 1. The molecule has 0 unspecified atom stereocenters. The lowest BCUT2D eigenvalue weighted by molar-refractivity contribution is 0.726. The van der Waals surface area contributed by atoms with Crippen LogP contribution in [0.1, 0.15) is 18.3 Å². The van der Waals surface area contributed by atoms with E-state index in [1.807, 2.05) is 42.8 Å². The van der Waals surface area contributed by atoms with E-state index in [2.05, 4.69) is 25.8 Å². The number of nitrogens with zero attached hydrogens (tertiary/aromatic N) is 4. The summed E-state index contributed by atoms with van der Waals surface area (Å²) >= 11 is 5.87. The molecule has 2 rings (SSSR count). The highest BCUT2D eigenvalue weighted by molar-refractivity contribution is 14.0. The Balaban J connectivity index is 0.00000242. The van der Waals surface area contributed by atoms with Crippen LogP contribution in [0.5, 0.6) is 0 Å². The van der Waals surface area contributed by atoms with Gasteiger partial charge in [0.2, 0.25) is 0 Å². The first kappa shape index (κ1) is 18.7. The lowest BCUT2D eigenvalue weighted by Crippen LogP contribution is -2.37. The zero-order valence-electron chi connectivity index (χ0n) is 12.6. The van der Waals surface area contributed by atoms with E-state index >= 15 is 0 Å². The number of aromatic nitrogens is 3. The van der Waals surface area contributed by atoms with Gasteiger partial charge in [-0.15, -0.1) is 34.2 Å². The molecule has 2 aromatic rings. The molecule has 0 aliphatic heterocycles. The molecule has 0 amide bonds. The molecule has 0 bridgehead atoms. The predicted octanol–water partition coefficient (Wildman–Crippen LogP) is 2.34. The lowest BCUT2D eigenvalue weighted by Gasteiger charge is -2.10. The lowest BCUT2D eigenvalue weighted by atomic mass is 10.2. The van der Waals surface area contributed by atoms with Crippen molar-refractivity contribution in [3.05, 3.63) is 47.0 Å². The number of aryl methyl sites for hydroxylation is 1.